The lowest BCUT2D eigenvalue weighted by Gasteiger charge is -2.10. The highest BCUT2D eigenvalue weighted by Crippen LogP contribution is 2.40. The fraction of sp³-hybridized carbons (Fsp3) is 0.211. The molecule has 0 spiro atoms. The van der Waals surface area contributed by atoms with E-state index in [1.165, 1.54) is 0 Å². The van der Waals surface area contributed by atoms with E-state index < -0.39 is 0 Å². The quantitative estimate of drug-likeness (QED) is 0.739. The van der Waals surface area contributed by atoms with Crippen LogP contribution in [0.1, 0.15) is 5.56 Å². The number of ether oxygens (including phenoxy) is 3. The minimum absolute atomic E-state index is 0.243. The van der Waals surface area contributed by atoms with Gasteiger partial charge in [-0.3, -0.25) is 0 Å². The van der Waals surface area contributed by atoms with E-state index in [1.807, 2.05) is 24.3 Å². The molecule has 0 aliphatic heterocycles. The van der Waals surface area contributed by atoms with Crippen LogP contribution in [-0.2, 0) is 6.61 Å². The third kappa shape index (κ3) is 3.04. The first-order chi connectivity index (χ1) is 12.2. The molecule has 25 heavy (non-hydrogen) atoms. The molecule has 0 unspecified atom stereocenters. The van der Waals surface area contributed by atoms with Gasteiger partial charge in [0.25, 0.3) is 0 Å². The lowest BCUT2D eigenvalue weighted by molar-refractivity contribution is 0.281. The standard InChI is InChI=1S/C19H19NO5/c1-22-12-8-9-17(24-3)14(10-12)18-15(11-21)19(25-20-18)13-6-4-5-7-16(13)23-2/h4-10,21H,11H2,1-3H3. The van der Waals surface area contributed by atoms with Crippen molar-refractivity contribution in [1.82, 2.24) is 5.16 Å². The molecule has 0 bridgehead atoms. The number of aliphatic hydroxyl groups is 1. The van der Waals surface area contributed by atoms with Crippen LogP contribution in [0.25, 0.3) is 22.6 Å². The van der Waals surface area contributed by atoms with Crippen molar-refractivity contribution in [3.05, 3.63) is 48.0 Å². The molecule has 3 aromatic rings. The maximum absolute atomic E-state index is 9.95. The van der Waals surface area contributed by atoms with Gasteiger partial charge in [0.15, 0.2) is 5.76 Å². The van der Waals surface area contributed by atoms with Crippen LogP contribution in [0, 0.1) is 0 Å². The molecular weight excluding hydrogens is 322 g/mol. The summed E-state index contributed by atoms with van der Waals surface area (Å²) in [7, 11) is 4.74. The normalized spacial score (nSPS) is 10.6. The zero-order valence-electron chi connectivity index (χ0n) is 14.3. The Bertz CT molecular complexity index is 872. The largest absolute Gasteiger partial charge is 0.497 e. The third-order valence-corrected chi connectivity index (χ3v) is 3.96. The Morgan fingerprint density at radius 1 is 0.920 bits per heavy atom. The zero-order valence-corrected chi connectivity index (χ0v) is 14.3. The van der Waals surface area contributed by atoms with E-state index in [9.17, 15) is 5.11 Å². The Balaban J connectivity index is 2.19. The summed E-state index contributed by atoms with van der Waals surface area (Å²) in [5.41, 5.74) is 2.45. The van der Waals surface area contributed by atoms with Crippen molar-refractivity contribution in [2.45, 2.75) is 6.61 Å². The molecule has 0 saturated heterocycles. The summed E-state index contributed by atoms with van der Waals surface area (Å²) in [5.74, 6) is 2.36. The van der Waals surface area contributed by atoms with E-state index >= 15 is 0 Å². The molecule has 1 aromatic heterocycles. The summed E-state index contributed by atoms with van der Waals surface area (Å²) < 4.78 is 21.6. The Kier molecular flexibility index (Phi) is 4.90. The number of aliphatic hydroxyl groups excluding tert-OH is 1. The van der Waals surface area contributed by atoms with Crippen LogP contribution >= 0.6 is 0 Å². The first-order valence-corrected chi connectivity index (χ1v) is 7.68. The van der Waals surface area contributed by atoms with Gasteiger partial charge in [0.1, 0.15) is 22.9 Å². The molecule has 6 nitrogen and oxygen atoms in total. The van der Waals surface area contributed by atoms with Crippen LogP contribution in [0.15, 0.2) is 47.0 Å². The smallest absolute Gasteiger partial charge is 0.176 e. The Hall–Kier alpha value is -2.99. The summed E-state index contributed by atoms with van der Waals surface area (Å²) >= 11 is 0. The maximum Gasteiger partial charge on any atom is 0.176 e. The molecule has 0 aliphatic carbocycles. The van der Waals surface area contributed by atoms with Gasteiger partial charge < -0.3 is 23.8 Å². The van der Waals surface area contributed by atoms with Crippen LogP contribution in [0.3, 0.4) is 0 Å². The van der Waals surface area contributed by atoms with E-state index in [4.69, 9.17) is 18.7 Å². The van der Waals surface area contributed by atoms with Gasteiger partial charge in [0.05, 0.1) is 39.1 Å². The van der Waals surface area contributed by atoms with Crippen molar-refractivity contribution in [1.29, 1.82) is 0 Å². The summed E-state index contributed by atoms with van der Waals surface area (Å²) in [5, 5.41) is 14.1. The number of para-hydroxylation sites is 1. The number of hydrogen-bond donors (Lipinski definition) is 1. The van der Waals surface area contributed by atoms with Crippen molar-refractivity contribution in [2.24, 2.45) is 0 Å². The van der Waals surface area contributed by atoms with E-state index in [0.717, 1.165) is 5.56 Å². The number of benzene rings is 2. The summed E-state index contributed by atoms with van der Waals surface area (Å²) in [4.78, 5) is 0. The van der Waals surface area contributed by atoms with Crippen LogP contribution in [0.2, 0.25) is 0 Å². The molecular formula is C19H19NO5. The molecule has 0 fully saturated rings. The SMILES string of the molecule is COc1ccc(OC)c(-c2noc(-c3ccccc3OC)c2CO)c1. The van der Waals surface area contributed by atoms with Gasteiger partial charge in [0, 0.05) is 5.56 Å². The van der Waals surface area contributed by atoms with Gasteiger partial charge in [-0.1, -0.05) is 17.3 Å². The molecule has 0 atom stereocenters. The first-order valence-electron chi connectivity index (χ1n) is 7.68. The highest BCUT2D eigenvalue weighted by atomic mass is 16.5. The van der Waals surface area contributed by atoms with Crippen LogP contribution in [0.5, 0.6) is 17.2 Å². The molecule has 6 heteroatoms. The molecule has 0 aliphatic rings. The van der Waals surface area contributed by atoms with Crippen molar-refractivity contribution in [3.63, 3.8) is 0 Å². The highest BCUT2D eigenvalue weighted by Gasteiger charge is 2.23. The third-order valence-electron chi connectivity index (χ3n) is 3.96. The van der Waals surface area contributed by atoms with Crippen molar-refractivity contribution >= 4 is 0 Å². The Morgan fingerprint density at radius 2 is 1.64 bits per heavy atom. The minimum Gasteiger partial charge on any atom is -0.497 e. The predicted molar refractivity (Wildman–Crippen MR) is 93.0 cm³/mol. The Morgan fingerprint density at radius 3 is 2.32 bits per heavy atom. The highest BCUT2D eigenvalue weighted by molar-refractivity contribution is 5.78. The van der Waals surface area contributed by atoms with Crippen LogP contribution in [0.4, 0.5) is 0 Å². The first kappa shape index (κ1) is 16.9. The molecule has 0 radical (unpaired) electrons. The van der Waals surface area contributed by atoms with Crippen LogP contribution in [-0.4, -0.2) is 31.6 Å². The second kappa shape index (κ2) is 7.27. The lowest BCUT2D eigenvalue weighted by Crippen LogP contribution is -1.94. The van der Waals surface area contributed by atoms with E-state index in [-0.39, 0.29) is 6.61 Å². The maximum atomic E-state index is 9.95. The topological polar surface area (TPSA) is 74.0 Å². The minimum atomic E-state index is -0.243. The van der Waals surface area contributed by atoms with Gasteiger partial charge in [-0.15, -0.1) is 0 Å². The van der Waals surface area contributed by atoms with Crippen molar-refractivity contribution in [3.8, 4) is 39.8 Å². The lowest BCUT2D eigenvalue weighted by atomic mass is 10.0. The average Bonchev–Trinajstić information content (AvgIpc) is 3.10. The van der Waals surface area contributed by atoms with Crippen molar-refractivity contribution < 1.29 is 23.8 Å². The van der Waals surface area contributed by atoms with Gasteiger partial charge in [-0.2, -0.15) is 0 Å². The van der Waals surface area contributed by atoms with Gasteiger partial charge in [-0.25, -0.2) is 0 Å². The molecule has 1 N–H and O–H groups in total. The monoisotopic (exact) mass is 341 g/mol. The van der Waals surface area contributed by atoms with Gasteiger partial charge in [-0.05, 0) is 30.3 Å². The molecule has 0 saturated carbocycles. The Labute approximate surface area is 145 Å². The molecule has 3 rings (SSSR count). The number of methoxy groups -OCH3 is 3. The second-order valence-corrected chi connectivity index (χ2v) is 5.26. The van der Waals surface area contributed by atoms with E-state index in [2.05, 4.69) is 5.16 Å². The van der Waals surface area contributed by atoms with Crippen molar-refractivity contribution in [2.75, 3.05) is 21.3 Å². The zero-order chi connectivity index (χ0) is 17.8. The predicted octanol–water partition coefficient (Wildman–Crippen LogP) is 3.53. The fourth-order valence-corrected chi connectivity index (χ4v) is 2.71. The molecule has 1 heterocycles. The van der Waals surface area contributed by atoms with E-state index in [1.54, 1.807) is 39.5 Å². The second-order valence-electron chi connectivity index (χ2n) is 5.26. The summed E-state index contributed by atoms with van der Waals surface area (Å²) in [6.45, 7) is -0.243. The number of nitrogens with zero attached hydrogens (tertiary/aromatic N) is 1. The number of hydrogen-bond acceptors (Lipinski definition) is 6. The average molecular weight is 341 g/mol. The van der Waals surface area contributed by atoms with Gasteiger partial charge >= 0.3 is 0 Å². The summed E-state index contributed by atoms with van der Waals surface area (Å²) in [6.07, 6.45) is 0. The summed E-state index contributed by atoms with van der Waals surface area (Å²) in [6, 6.07) is 12.8. The number of rotatable bonds is 6. The fourth-order valence-electron chi connectivity index (χ4n) is 2.71. The number of aromatic nitrogens is 1. The molecule has 130 valence electrons. The van der Waals surface area contributed by atoms with E-state index in [0.29, 0.717) is 39.8 Å². The van der Waals surface area contributed by atoms with Crippen LogP contribution < -0.4 is 14.2 Å². The van der Waals surface area contributed by atoms with Gasteiger partial charge in [0.2, 0.25) is 0 Å². The molecule has 0 amide bonds. The molecule has 2 aromatic carbocycles.